The van der Waals surface area contributed by atoms with Gasteiger partial charge in [0.25, 0.3) is 0 Å². The van der Waals surface area contributed by atoms with Gasteiger partial charge in [-0.05, 0) is 23.6 Å². The molecular weight excluding hydrogens is 210 g/mol. The van der Waals surface area contributed by atoms with E-state index in [2.05, 4.69) is 0 Å². The van der Waals surface area contributed by atoms with Crippen molar-refractivity contribution in [3.8, 4) is 0 Å². The molecule has 1 rings (SSSR count). The standard InChI is InChI=1S/C11H17NO2S/c1-9(7-12)11-5-3-4-10(6-11)8-15(2,13)14/h3-6,9H,7-8,12H2,1-2H3. The summed E-state index contributed by atoms with van der Waals surface area (Å²) in [6.45, 7) is 2.60. The molecule has 0 aromatic heterocycles. The predicted octanol–water partition coefficient (Wildman–Crippen LogP) is 1.29. The van der Waals surface area contributed by atoms with Crippen LogP contribution in [-0.4, -0.2) is 21.2 Å². The lowest BCUT2D eigenvalue weighted by Crippen LogP contribution is -2.09. The summed E-state index contributed by atoms with van der Waals surface area (Å²) in [5.74, 6) is 0.363. The molecule has 2 N–H and O–H groups in total. The largest absolute Gasteiger partial charge is 0.330 e. The van der Waals surface area contributed by atoms with Crippen molar-refractivity contribution in [2.75, 3.05) is 12.8 Å². The molecule has 1 aromatic rings. The Bertz CT molecular complexity index is 426. The van der Waals surface area contributed by atoms with Gasteiger partial charge in [0.2, 0.25) is 0 Å². The molecule has 4 heteroatoms. The van der Waals surface area contributed by atoms with E-state index in [1.165, 1.54) is 6.26 Å². The molecule has 15 heavy (non-hydrogen) atoms. The molecule has 0 aliphatic carbocycles. The fraction of sp³-hybridized carbons (Fsp3) is 0.455. The van der Waals surface area contributed by atoms with E-state index < -0.39 is 9.84 Å². The summed E-state index contributed by atoms with van der Waals surface area (Å²) in [7, 11) is -2.96. The molecule has 0 aliphatic heterocycles. The van der Waals surface area contributed by atoms with Gasteiger partial charge < -0.3 is 5.73 Å². The summed E-state index contributed by atoms with van der Waals surface area (Å²) < 4.78 is 22.3. The summed E-state index contributed by atoms with van der Waals surface area (Å²) in [4.78, 5) is 0. The average molecular weight is 227 g/mol. The minimum atomic E-state index is -2.96. The Labute approximate surface area is 91.2 Å². The lowest BCUT2D eigenvalue weighted by Gasteiger charge is -2.10. The molecule has 1 unspecified atom stereocenters. The van der Waals surface area contributed by atoms with E-state index >= 15 is 0 Å². The zero-order valence-corrected chi connectivity index (χ0v) is 9.92. The minimum Gasteiger partial charge on any atom is -0.330 e. The molecule has 0 saturated heterocycles. The Hall–Kier alpha value is -0.870. The second-order valence-corrected chi connectivity index (χ2v) is 6.09. The van der Waals surface area contributed by atoms with E-state index in [0.29, 0.717) is 6.54 Å². The van der Waals surface area contributed by atoms with Crippen LogP contribution in [0, 0.1) is 0 Å². The van der Waals surface area contributed by atoms with Crippen LogP contribution in [0.1, 0.15) is 24.0 Å². The third-order valence-corrected chi connectivity index (χ3v) is 3.16. The summed E-state index contributed by atoms with van der Waals surface area (Å²) >= 11 is 0. The van der Waals surface area contributed by atoms with Crippen molar-refractivity contribution >= 4 is 9.84 Å². The lowest BCUT2D eigenvalue weighted by atomic mass is 10.00. The Morgan fingerprint density at radius 2 is 2.07 bits per heavy atom. The van der Waals surface area contributed by atoms with Gasteiger partial charge in [0.15, 0.2) is 9.84 Å². The second-order valence-electron chi connectivity index (χ2n) is 3.95. The smallest absolute Gasteiger partial charge is 0.151 e. The van der Waals surface area contributed by atoms with Gasteiger partial charge in [-0.1, -0.05) is 31.2 Å². The first kappa shape index (κ1) is 12.2. The van der Waals surface area contributed by atoms with Crippen LogP contribution in [0.2, 0.25) is 0 Å². The third-order valence-electron chi connectivity index (χ3n) is 2.30. The maximum Gasteiger partial charge on any atom is 0.151 e. The van der Waals surface area contributed by atoms with Gasteiger partial charge in [-0.3, -0.25) is 0 Å². The molecule has 0 bridgehead atoms. The summed E-state index contributed by atoms with van der Waals surface area (Å²) in [5, 5.41) is 0. The van der Waals surface area contributed by atoms with Crippen LogP contribution in [0.25, 0.3) is 0 Å². The summed E-state index contributed by atoms with van der Waals surface area (Å²) in [6, 6.07) is 7.59. The van der Waals surface area contributed by atoms with E-state index in [1.807, 2.05) is 31.2 Å². The maximum atomic E-state index is 11.1. The number of hydrogen-bond donors (Lipinski definition) is 1. The zero-order valence-electron chi connectivity index (χ0n) is 9.10. The van der Waals surface area contributed by atoms with Gasteiger partial charge in [-0.15, -0.1) is 0 Å². The number of nitrogens with two attached hydrogens (primary N) is 1. The summed E-state index contributed by atoms with van der Waals surface area (Å²) in [5.41, 5.74) is 7.49. The lowest BCUT2D eigenvalue weighted by molar-refractivity contribution is 0.601. The predicted molar refractivity (Wildman–Crippen MR) is 62.5 cm³/mol. The Balaban J connectivity index is 2.93. The first-order valence-electron chi connectivity index (χ1n) is 4.89. The van der Waals surface area contributed by atoms with Gasteiger partial charge in [0.1, 0.15) is 0 Å². The quantitative estimate of drug-likeness (QED) is 0.843. The second kappa shape index (κ2) is 4.77. The number of sulfone groups is 1. The van der Waals surface area contributed by atoms with E-state index in [1.54, 1.807) is 0 Å². The molecule has 84 valence electrons. The van der Waals surface area contributed by atoms with Crippen LogP contribution >= 0.6 is 0 Å². The van der Waals surface area contributed by atoms with E-state index in [-0.39, 0.29) is 11.7 Å². The van der Waals surface area contributed by atoms with Crippen molar-refractivity contribution in [2.24, 2.45) is 5.73 Å². The highest BCUT2D eigenvalue weighted by Gasteiger charge is 2.07. The van der Waals surface area contributed by atoms with Crippen LogP contribution in [0.4, 0.5) is 0 Å². The maximum absolute atomic E-state index is 11.1. The van der Waals surface area contributed by atoms with E-state index in [0.717, 1.165) is 11.1 Å². The number of hydrogen-bond acceptors (Lipinski definition) is 3. The molecule has 0 saturated carbocycles. The van der Waals surface area contributed by atoms with Crippen LogP contribution in [-0.2, 0) is 15.6 Å². The first-order chi connectivity index (χ1) is 6.92. The Morgan fingerprint density at radius 1 is 1.40 bits per heavy atom. The van der Waals surface area contributed by atoms with Crippen LogP contribution in [0.3, 0.4) is 0 Å². The molecule has 3 nitrogen and oxygen atoms in total. The van der Waals surface area contributed by atoms with Gasteiger partial charge in [-0.25, -0.2) is 8.42 Å². The molecule has 0 spiro atoms. The molecule has 0 radical (unpaired) electrons. The van der Waals surface area contributed by atoms with Crippen LogP contribution in [0.5, 0.6) is 0 Å². The van der Waals surface area contributed by atoms with Crippen molar-refractivity contribution in [1.82, 2.24) is 0 Å². The fourth-order valence-electron chi connectivity index (χ4n) is 1.43. The highest BCUT2D eigenvalue weighted by molar-refractivity contribution is 7.89. The number of rotatable bonds is 4. The highest BCUT2D eigenvalue weighted by atomic mass is 32.2. The topological polar surface area (TPSA) is 60.2 Å². The van der Waals surface area contributed by atoms with Crippen molar-refractivity contribution in [3.05, 3.63) is 35.4 Å². The fourth-order valence-corrected chi connectivity index (χ4v) is 2.21. The molecule has 0 heterocycles. The highest BCUT2D eigenvalue weighted by Crippen LogP contribution is 2.16. The monoisotopic (exact) mass is 227 g/mol. The average Bonchev–Trinajstić information content (AvgIpc) is 2.14. The van der Waals surface area contributed by atoms with Gasteiger partial charge in [0.05, 0.1) is 5.75 Å². The molecule has 0 fully saturated rings. The Kier molecular flexibility index (Phi) is 3.88. The Morgan fingerprint density at radius 3 is 2.60 bits per heavy atom. The number of benzene rings is 1. The third kappa shape index (κ3) is 4.01. The van der Waals surface area contributed by atoms with Crippen molar-refractivity contribution < 1.29 is 8.42 Å². The van der Waals surface area contributed by atoms with E-state index in [9.17, 15) is 8.42 Å². The van der Waals surface area contributed by atoms with Crippen molar-refractivity contribution in [3.63, 3.8) is 0 Å². The van der Waals surface area contributed by atoms with Crippen LogP contribution < -0.4 is 5.73 Å². The summed E-state index contributed by atoms with van der Waals surface area (Å²) in [6.07, 6.45) is 1.24. The van der Waals surface area contributed by atoms with E-state index in [4.69, 9.17) is 5.73 Å². The molecular formula is C11H17NO2S. The molecule has 0 amide bonds. The van der Waals surface area contributed by atoms with Crippen molar-refractivity contribution in [2.45, 2.75) is 18.6 Å². The minimum absolute atomic E-state index is 0.0954. The molecule has 0 aliphatic rings. The van der Waals surface area contributed by atoms with Crippen molar-refractivity contribution in [1.29, 1.82) is 0 Å². The van der Waals surface area contributed by atoms with Crippen LogP contribution in [0.15, 0.2) is 24.3 Å². The van der Waals surface area contributed by atoms with Gasteiger partial charge in [-0.2, -0.15) is 0 Å². The van der Waals surface area contributed by atoms with Gasteiger partial charge in [0, 0.05) is 6.26 Å². The zero-order chi connectivity index (χ0) is 11.5. The normalized spacial score (nSPS) is 13.8. The molecule has 1 atom stereocenters. The SMILES string of the molecule is CC(CN)c1cccc(CS(C)(=O)=O)c1. The first-order valence-corrected chi connectivity index (χ1v) is 6.95. The van der Waals surface area contributed by atoms with Gasteiger partial charge >= 0.3 is 0 Å². The molecule has 1 aromatic carbocycles.